The van der Waals surface area contributed by atoms with Crippen molar-refractivity contribution >= 4 is 6.09 Å². The number of hydrogen-bond acceptors (Lipinski definition) is 3. The van der Waals surface area contributed by atoms with Crippen molar-refractivity contribution in [2.24, 2.45) is 5.92 Å². The molecule has 1 fully saturated rings. The summed E-state index contributed by atoms with van der Waals surface area (Å²) < 4.78 is 5.57. The molecule has 1 aromatic carbocycles. The summed E-state index contributed by atoms with van der Waals surface area (Å²) >= 11 is 0. The largest absolute Gasteiger partial charge is 0.444 e. The number of carbonyl (C=O) groups excluding carboxylic acids is 1. The Labute approximate surface area is 149 Å². The van der Waals surface area contributed by atoms with Gasteiger partial charge in [-0.1, -0.05) is 36.8 Å². The number of aromatic nitrogens is 2. The molecule has 1 aliphatic heterocycles. The lowest BCUT2D eigenvalue weighted by Crippen LogP contribution is -2.37. The molecule has 0 aliphatic carbocycles. The van der Waals surface area contributed by atoms with Gasteiger partial charge in [0.25, 0.3) is 0 Å². The molecule has 2 heterocycles. The Balaban J connectivity index is 1.82. The van der Waals surface area contributed by atoms with Crippen LogP contribution in [0.2, 0.25) is 0 Å². The first-order valence-electron chi connectivity index (χ1n) is 8.84. The van der Waals surface area contributed by atoms with Crippen LogP contribution in [-0.4, -0.2) is 33.1 Å². The molecule has 0 spiro atoms. The lowest BCUT2D eigenvalue weighted by Gasteiger charge is -2.27. The number of likely N-dealkylation sites (tertiary alicyclic amines) is 1. The van der Waals surface area contributed by atoms with E-state index in [0.717, 1.165) is 23.5 Å². The minimum Gasteiger partial charge on any atom is -0.444 e. The maximum absolute atomic E-state index is 12.6. The lowest BCUT2D eigenvalue weighted by molar-refractivity contribution is 0.0214. The van der Waals surface area contributed by atoms with Gasteiger partial charge >= 0.3 is 6.09 Å². The number of aromatic amines is 1. The summed E-state index contributed by atoms with van der Waals surface area (Å²) in [6, 6.07) is 8.26. The highest BCUT2D eigenvalue weighted by molar-refractivity contribution is 5.69. The Morgan fingerprint density at radius 2 is 1.96 bits per heavy atom. The van der Waals surface area contributed by atoms with Crippen molar-refractivity contribution in [1.29, 1.82) is 0 Å². The number of rotatable bonds is 2. The second-order valence-corrected chi connectivity index (χ2v) is 8.04. The number of carbonyl (C=O) groups is 1. The zero-order chi connectivity index (χ0) is 18.2. The molecule has 134 valence electrons. The third kappa shape index (κ3) is 4.03. The molecule has 1 aliphatic rings. The predicted molar refractivity (Wildman–Crippen MR) is 98.2 cm³/mol. The summed E-state index contributed by atoms with van der Waals surface area (Å²) in [7, 11) is 0. The van der Waals surface area contributed by atoms with Crippen molar-refractivity contribution in [2.45, 2.75) is 52.7 Å². The molecule has 5 heteroatoms. The Morgan fingerprint density at radius 3 is 2.60 bits per heavy atom. The van der Waals surface area contributed by atoms with Crippen LogP contribution in [0.25, 0.3) is 11.3 Å². The quantitative estimate of drug-likeness (QED) is 0.861. The summed E-state index contributed by atoms with van der Waals surface area (Å²) in [5, 5.41) is 0. The van der Waals surface area contributed by atoms with E-state index in [2.05, 4.69) is 48.1 Å². The number of hydrogen-bond donors (Lipinski definition) is 1. The monoisotopic (exact) mass is 341 g/mol. The van der Waals surface area contributed by atoms with Crippen LogP contribution in [0.4, 0.5) is 4.79 Å². The van der Waals surface area contributed by atoms with Crippen LogP contribution >= 0.6 is 0 Å². The highest BCUT2D eigenvalue weighted by atomic mass is 16.6. The van der Waals surface area contributed by atoms with E-state index in [1.807, 2.05) is 27.0 Å². The van der Waals surface area contributed by atoms with E-state index >= 15 is 0 Å². The normalized spacial score (nSPS) is 20.8. The van der Waals surface area contributed by atoms with Crippen LogP contribution < -0.4 is 0 Å². The molecular formula is C20H27N3O2. The van der Waals surface area contributed by atoms with Crippen LogP contribution in [-0.2, 0) is 4.74 Å². The SMILES string of the molecule is Cc1ccc(-c2cnc([C@@H]3C[C@H](C)CN3C(=O)OC(C)(C)C)[nH]2)cc1. The molecule has 0 radical (unpaired) electrons. The molecule has 1 saturated heterocycles. The van der Waals surface area contributed by atoms with Gasteiger partial charge in [0.15, 0.2) is 0 Å². The third-order valence-corrected chi connectivity index (χ3v) is 4.41. The van der Waals surface area contributed by atoms with Crippen LogP contribution in [0.3, 0.4) is 0 Å². The summed E-state index contributed by atoms with van der Waals surface area (Å²) in [5.41, 5.74) is 2.80. The van der Waals surface area contributed by atoms with Crippen LogP contribution in [0.5, 0.6) is 0 Å². The van der Waals surface area contributed by atoms with E-state index in [1.54, 1.807) is 4.90 Å². The first-order chi connectivity index (χ1) is 11.7. The Morgan fingerprint density at radius 1 is 1.28 bits per heavy atom. The highest BCUT2D eigenvalue weighted by Gasteiger charge is 2.38. The molecule has 5 nitrogen and oxygen atoms in total. The number of nitrogens with one attached hydrogen (secondary N) is 1. The maximum atomic E-state index is 12.6. The number of amides is 1. The number of ether oxygens (including phenoxy) is 1. The van der Waals surface area contributed by atoms with Crippen LogP contribution in [0.1, 0.15) is 51.5 Å². The van der Waals surface area contributed by atoms with Gasteiger partial charge in [0.1, 0.15) is 11.4 Å². The highest BCUT2D eigenvalue weighted by Crippen LogP contribution is 2.35. The van der Waals surface area contributed by atoms with Gasteiger partial charge in [-0.3, -0.25) is 4.90 Å². The van der Waals surface area contributed by atoms with Crippen LogP contribution in [0.15, 0.2) is 30.5 Å². The fraction of sp³-hybridized carbons (Fsp3) is 0.500. The van der Waals surface area contributed by atoms with Gasteiger partial charge in [0.05, 0.1) is 17.9 Å². The zero-order valence-corrected chi connectivity index (χ0v) is 15.7. The smallest absolute Gasteiger partial charge is 0.410 e. The fourth-order valence-electron chi connectivity index (χ4n) is 3.21. The standard InChI is InChI=1S/C20H27N3O2/c1-13-6-8-15(9-7-13)16-11-21-18(22-16)17-10-14(2)12-23(17)19(24)25-20(3,4)5/h6-9,11,14,17H,10,12H2,1-5H3,(H,21,22)/t14-,17-/m0/s1. The molecule has 0 bridgehead atoms. The fourth-order valence-corrected chi connectivity index (χ4v) is 3.21. The molecule has 1 aromatic heterocycles. The van der Waals surface area contributed by atoms with Gasteiger partial charge in [-0.15, -0.1) is 0 Å². The average Bonchev–Trinajstić information content (AvgIpc) is 3.12. The number of benzene rings is 1. The Hall–Kier alpha value is -2.30. The van der Waals surface area contributed by atoms with Crippen molar-refractivity contribution < 1.29 is 9.53 Å². The van der Waals surface area contributed by atoms with Crippen molar-refractivity contribution in [2.75, 3.05) is 6.54 Å². The number of nitrogens with zero attached hydrogens (tertiary/aromatic N) is 2. The average molecular weight is 341 g/mol. The molecule has 2 aromatic rings. The summed E-state index contributed by atoms with van der Waals surface area (Å²) in [5.74, 6) is 1.25. The molecule has 0 unspecified atom stereocenters. The van der Waals surface area contributed by atoms with Gasteiger partial charge in [-0.05, 0) is 45.6 Å². The van der Waals surface area contributed by atoms with Gasteiger partial charge in [0.2, 0.25) is 0 Å². The Bertz CT molecular complexity index is 743. The second kappa shape index (κ2) is 6.54. The van der Waals surface area contributed by atoms with Crippen LogP contribution in [0, 0.1) is 12.8 Å². The predicted octanol–water partition coefficient (Wildman–Crippen LogP) is 4.70. The molecule has 1 amide bonds. The van der Waals surface area contributed by atoms with Gasteiger partial charge in [-0.2, -0.15) is 0 Å². The van der Waals surface area contributed by atoms with Crippen molar-refractivity contribution in [1.82, 2.24) is 14.9 Å². The summed E-state index contributed by atoms with van der Waals surface area (Å²) in [6.45, 7) is 10.6. The van der Waals surface area contributed by atoms with Gasteiger partial charge < -0.3 is 9.72 Å². The number of imidazole rings is 1. The third-order valence-electron chi connectivity index (χ3n) is 4.41. The minimum absolute atomic E-state index is 0.0657. The first kappa shape index (κ1) is 17.5. The molecule has 2 atom stereocenters. The van der Waals surface area contributed by atoms with Crippen molar-refractivity contribution in [3.63, 3.8) is 0 Å². The summed E-state index contributed by atoms with van der Waals surface area (Å²) in [6.07, 6.45) is 2.46. The molecule has 0 saturated carbocycles. The van der Waals surface area contributed by atoms with Crippen molar-refractivity contribution in [3.05, 3.63) is 41.9 Å². The van der Waals surface area contributed by atoms with E-state index in [-0.39, 0.29) is 12.1 Å². The van der Waals surface area contributed by atoms with E-state index in [1.165, 1.54) is 5.56 Å². The van der Waals surface area contributed by atoms with E-state index < -0.39 is 5.60 Å². The second-order valence-electron chi connectivity index (χ2n) is 8.04. The first-order valence-corrected chi connectivity index (χ1v) is 8.84. The Kier molecular flexibility index (Phi) is 4.58. The topological polar surface area (TPSA) is 58.2 Å². The summed E-state index contributed by atoms with van der Waals surface area (Å²) in [4.78, 5) is 22.3. The maximum Gasteiger partial charge on any atom is 0.410 e. The molecule has 1 N–H and O–H groups in total. The number of H-pyrrole nitrogens is 1. The minimum atomic E-state index is -0.496. The van der Waals surface area contributed by atoms with E-state index in [4.69, 9.17) is 4.74 Å². The van der Waals surface area contributed by atoms with Gasteiger partial charge in [0, 0.05) is 6.54 Å². The van der Waals surface area contributed by atoms with E-state index in [0.29, 0.717) is 12.5 Å². The molecule has 25 heavy (non-hydrogen) atoms. The van der Waals surface area contributed by atoms with E-state index in [9.17, 15) is 4.79 Å². The zero-order valence-electron chi connectivity index (χ0n) is 15.7. The lowest BCUT2D eigenvalue weighted by atomic mass is 10.1. The molecule has 3 rings (SSSR count). The van der Waals surface area contributed by atoms with Crippen molar-refractivity contribution in [3.8, 4) is 11.3 Å². The number of aryl methyl sites for hydroxylation is 1. The molecular weight excluding hydrogens is 314 g/mol. The van der Waals surface area contributed by atoms with Gasteiger partial charge in [-0.25, -0.2) is 9.78 Å².